The first-order chi connectivity index (χ1) is 16.4. The summed E-state index contributed by atoms with van der Waals surface area (Å²) in [4.78, 5) is 0. The van der Waals surface area contributed by atoms with E-state index in [4.69, 9.17) is 33.2 Å². The van der Waals surface area contributed by atoms with Crippen LogP contribution in [0.15, 0.2) is 48.5 Å². The van der Waals surface area contributed by atoms with Gasteiger partial charge in [-0.3, -0.25) is 0 Å². The number of fused-ring (bicyclic) bond motifs is 2. The van der Waals surface area contributed by atoms with Crippen molar-refractivity contribution in [2.24, 2.45) is 0 Å². The van der Waals surface area contributed by atoms with Crippen molar-refractivity contribution in [3.63, 3.8) is 0 Å². The molecule has 2 aromatic rings. The minimum atomic E-state index is 0.466. The molecule has 33 heavy (non-hydrogen) atoms. The molecule has 1 heterocycles. The van der Waals surface area contributed by atoms with Crippen molar-refractivity contribution in [3.05, 3.63) is 59.7 Å². The van der Waals surface area contributed by atoms with Crippen LogP contribution < -0.4 is 9.47 Å². The number of hydrogen-bond donors (Lipinski definition) is 0. The Labute approximate surface area is 196 Å². The van der Waals surface area contributed by atoms with Crippen molar-refractivity contribution < 1.29 is 33.2 Å². The van der Waals surface area contributed by atoms with Gasteiger partial charge in [0.15, 0.2) is 0 Å². The van der Waals surface area contributed by atoms with Crippen molar-refractivity contribution >= 4 is 12.2 Å². The van der Waals surface area contributed by atoms with Gasteiger partial charge in [-0.1, -0.05) is 48.6 Å². The summed E-state index contributed by atoms with van der Waals surface area (Å²) in [5.74, 6) is 1.62. The van der Waals surface area contributed by atoms with E-state index in [1.807, 2.05) is 60.7 Å². The molecule has 0 saturated carbocycles. The van der Waals surface area contributed by atoms with E-state index in [2.05, 4.69) is 0 Å². The number of hydrogen-bond acceptors (Lipinski definition) is 7. The van der Waals surface area contributed by atoms with Crippen molar-refractivity contribution in [1.82, 2.24) is 0 Å². The molecule has 0 N–H and O–H groups in total. The van der Waals surface area contributed by atoms with Crippen LogP contribution in [0.1, 0.15) is 11.1 Å². The molecule has 0 spiro atoms. The molecular weight excluding hydrogens is 424 g/mol. The zero-order valence-corrected chi connectivity index (χ0v) is 19.1. The second-order valence-electron chi connectivity index (χ2n) is 7.17. The standard InChI is InChI=1S/C26H34O7/c1-3-7-25-23(5-1)9-10-24-6-2-4-8-26(24)33-22-20-31-18-16-29-14-12-27-11-13-28-15-17-30-19-21-32-25/h1-10H,11-22H2/b10-9+. The predicted molar refractivity (Wildman–Crippen MR) is 127 cm³/mol. The summed E-state index contributed by atoms with van der Waals surface area (Å²) in [7, 11) is 0. The van der Waals surface area contributed by atoms with E-state index in [9.17, 15) is 0 Å². The average Bonchev–Trinajstić information content (AvgIpc) is 2.85. The molecule has 0 unspecified atom stereocenters. The first kappa shape index (κ1) is 25.2. The topological polar surface area (TPSA) is 64.6 Å². The number of benzene rings is 2. The van der Waals surface area contributed by atoms with Crippen LogP contribution >= 0.6 is 0 Å². The Kier molecular flexibility index (Phi) is 12.4. The van der Waals surface area contributed by atoms with Crippen LogP contribution in [0.3, 0.4) is 0 Å². The first-order valence-corrected chi connectivity index (χ1v) is 11.4. The van der Waals surface area contributed by atoms with Crippen LogP contribution in [0, 0.1) is 0 Å². The fourth-order valence-corrected chi connectivity index (χ4v) is 3.08. The molecule has 3 rings (SSSR count). The molecule has 1 aliphatic rings. The fraction of sp³-hybridized carbons (Fsp3) is 0.462. The highest BCUT2D eigenvalue weighted by molar-refractivity contribution is 5.74. The third kappa shape index (κ3) is 10.4. The van der Waals surface area contributed by atoms with Gasteiger partial charge in [0.1, 0.15) is 24.7 Å². The van der Waals surface area contributed by atoms with Gasteiger partial charge in [0, 0.05) is 11.1 Å². The normalized spacial score (nSPS) is 19.4. The Hall–Kier alpha value is -2.42. The van der Waals surface area contributed by atoms with Crippen molar-refractivity contribution in [1.29, 1.82) is 0 Å². The largest absolute Gasteiger partial charge is 0.491 e. The van der Waals surface area contributed by atoms with E-state index >= 15 is 0 Å². The van der Waals surface area contributed by atoms with Crippen LogP contribution in [-0.4, -0.2) is 79.3 Å². The molecular formula is C26H34O7. The van der Waals surface area contributed by atoms with Crippen molar-refractivity contribution in [2.45, 2.75) is 0 Å². The van der Waals surface area contributed by atoms with E-state index in [0.29, 0.717) is 79.3 Å². The number of para-hydroxylation sites is 2. The second kappa shape index (κ2) is 16.2. The fourth-order valence-electron chi connectivity index (χ4n) is 3.08. The molecule has 7 heteroatoms. The quantitative estimate of drug-likeness (QED) is 0.596. The lowest BCUT2D eigenvalue weighted by atomic mass is 10.1. The van der Waals surface area contributed by atoms with Crippen LogP contribution in [0.2, 0.25) is 0 Å². The summed E-state index contributed by atoms with van der Waals surface area (Å²) in [5.41, 5.74) is 1.98. The minimum absolute atomic E-state index is 0.466. The highest BCUT2D eigenvalue weighted by Gasteiger charge is 2.03. The smallest absolute Gasteiger partial charge is 0.126 e. The number of rotatable bonds is 0. The molecule has 0 aliphatic carbocycles. The second-order valence-corrected chi connectivity index (χ2v) is 7.17. The summed E-state index contributed by atoms with van der Waals surface area (Å²) >= 11 is 0. The number of ether oxygens (including phenoxy) is 7. The van der Waals surface area contributed by atoms with Crippen LogP contribution in [-0.2, 0) is 23.7 Å². The average molecular weight is 459 g/mol. The summed E-state index contributed by atoms with van der Waals surface area (Å²) in [6.07, 6.45) is 4.06. The summed E-state index contributed by atoms with van der Waals surface area (Å²) in [5, 5.41) is 0. The Balaban J connectivity index is 1.57. The highest BCUT2D eigenvalue weighted by atomic mass is 16.6. The van der Waals surface area contributed by atoms with Crippen molar-refractivity contribution in [2.75, 3.05) is 79.3 Å². The first-order valence-electron chi connectivity index (χ1n) is 11.4. The van der Waals surface area contributed by atoms with Gasteiger partial charge >= 0.3 is 0 Å². The van der Waals surface area contributed by atoms with Crippen LogP contribution in [0.5, 0.6) is 11.5 Å². The SMILES string of the molecule is C1=C/c2ccccc2OCCOCCOCCOCCOCCOCCOc2ccccc2/1. The third-order valence-electron chi connectivity index (χ3n) is 4.74. The molecule has 2 aromatic carbocycles. The van der Waals surface area contributed by atoms with Gasteiger partial charge in [-0.15, -0.1) is 0 Å². The molecule has 7 nitrogen and oxygen atoms in total. The molecule has 0 amide bonds. The summed E-state index contributed by atoms with van der Waals surface area (Å²) in [6.45, 7) is 6.14. The lowest BCUT2D eigenvalue weighted by Gasteiger charge is -2.11. The van der Waals surface area contributed by atoms with Gasteiger partial charge in [0.2, 0.25) is 0 Å². The maximum atomic E-state index is 5.93. The maximum absolute atomic E-state index is 5.93. The molecule has 0 aromatic heterocycles. The molecule has 0 bridgehead atoms. The lowest BCUT2D eigenvalue weighted by Crippen LogP contribution is -2.15. The molecule has 0 saturated heterocycles. The molecule has 0 radical (unpaired) electrons. The van der Waals surface area contributed by atoms with E-state index in [-0.39, 0.29) is 0 Å². The highest BCUT2D eigenvalue weighted by Crippen LogP contribution is 2.24. The molecule has 1 aliphatic heterocycles. The Morgan fingerprint density at radius 1 is 0.364 bits per heavy atom. The maximum Gasteiger partial charge on any atom is 0.126 e. The zero-order valence-electron chi connectivity index (χ0n) is 19.1. The van der Waals surface area contributed by atoms with Crippen molar-refractivity contribution in [3.8, 4) is 11.5 Å². The van der Waals surface area contributed by atoms with Crippen LogP contribution in [0.4, 0.5) is 0 Å². The van der Waals surface area contributed by atoms with Gasteiger partial charge in [0.25, 0.3) is 0 Å². The molecule has 0 fully saturated rings. The summed E-state index contributed by atoms with van der Waals surface area (Å²) < 4.78 is 39.5. The van der Waals surface area contributed by atoms with Gasteiger partial charge in [-0.05, 0) is 12.1 Å². The third-order valence-corrected chi connectivity index (χ3v) is 4.74. The van der Waals surface area contributed by atoms with Gasteiger partial charge in [-0.2, -0.15) is 0 Å². The van der Waals surface area contributed by atoms with E-state index in [1.165, 1.54) is 0 Å². The van der Waals surface area contributed by atoms with E-state index in [1.54, 1.807) is 0 Å². The Morgan fingerprint density at radius 2 is 0.667 bits per heavy atom. The Bertz CT molecular complexity index is 743. The predicted octanol–water partition coefficient (Wildman–Crippen LogP) is 3.71. The zero-order chi connectivity index (χ0) is 22.8. The Morgan fingerprint density at radius 3 is 1.03 bits per heavy atom. The van der Waals surface area contributed by atoms with Gasteiger partial charge < -0.3 is 33.2 Å². The van der Waals surface area contributed by atoms with Gasteiger partial charge in [0.05, 0.1) is 66.1 Å². The van der Waals surface area contributed by atoms with Gasteiger partial charge in [-0.25, -0.2) is 0 Å². The minimum Gasteiger partial charge on any atom is -0.491 e. The van der Waals surface area contributed by atoms with E-state index < -0.39 is 0 Å². The molecule has 180 valence electrons. The lowest BCUT2D eigenvalue weighted by molar-refractivity contribution is -0.0141. The molecule has 0 atom stereocenters. The monoisotopic (exact) mass is 458 g/mol. The van der Waals surface area contributed by atoms with E-state index in [0.717, 1.165) is 22.6 Å². The summed E-state index contributed by atoms with van der Waals surface area (Å²) in [6, 6.07) is 15.9. The van der Waals surface area contributed by atoms with Crippen LogP contribution in [0.25, 0.3) is 12.2 Å².